The summed E-state index contributed by atoms with van der Waals surface area (Å²) in [6, 6.07) is 4.11. The Balaban J connectivity index is -0.000000563. The van der Waals surface area contributed by atoms with E-state index in [-0.39, 0.29) is 38.8 Å². The molecule has 0 spiro atoms. The molecule has 0 aliphatic carbocycles. The Hall–Kier alpha value is 0.858. The molecule has 0 atom stereocenters. The fourth-order valence-electron chi connectivity index (χ4n) is 1.18. The van der Waals surface area contributed by atoms with Crippen molar-refractivity contribution in [2.75, 3.05) is 7.11 Å². The second-order valence-corrected chi connectivity index (χ2v) is 4.88. The Bertz CT molecular complexity index is 314. The molecule has 2 radical (unpaired) electrons. The molecule has 0 aliphatic rings. The van der Waals surface area contributed by atoms with E-state index in [9.17, 15) is 0 Å². The van der Waals surface area contributed by atoms with Gasteiger partial charge >= 0.3 is 120 Å². The summed E-state index contributed by atoms with van der Waals surface area (Å²) >= 11 is 6.11. The van der Waals surface area contributed by atoms with Crippen LogP contribution in [-0.2, 0) is 0 Å². The third-order valence-electron chi connectivity index (χ3n) is 1.95. The molecule has 1 rings (SSSR count). The second kappa shape index (κ2) is 9.84. The van der Waals surface area contributed by atoms with Crippen LogP contribution in [-0.4, -0.2) is 63.0 Å². The van der Waals surface area contributed by atoms with E-state index in [1.54, 1.807) is 7.11 Å². The average Bonchev–Trinajstić information content (AvgIpc) is 2.09. The van der Waals surface area contributed by atoms with Crippen molar-refractivity contribution in [3.8, 4) is 5.75 Å². The molecule has 1 aromatic carbocycles. The molecule has 0 bridgehead atoms. The van der Waals surface area contributed by atoms with Crippen LogP contribution < -0.4 is 13.7 Å². The van der Waals surface area contributed by atoms with Gasteiger partial charge in [-0.25, -0.2) is 0 Å². The van der Waals surface area contributed by atoms with E-state index in [1.807, 2.05) is 6.07 Å². The molecule has 0 aliphatic heterocycles. The van der Waals surface area contributed by atoms with Crippen LogP contribution in [0.25, 0.3) is 0 Å². The van der Waals surface area contributed by atoms with Crippen molar-refractivity contribution in [3.63, 3.8) is 0 Å². The standard InChI is InChI=1S/C10H14OSe2.2CH4.Sn/c1-6(2)7-4-5-8(11-3)10(13)9(7)12;;;/h4-6,12-13H,1-3H3;2*1H4;/q;;;+2/p-2. The van der Waals surface area contributed by atoms with Gasteiger partial charge in [-0.2, -0.15) is 0 Å². The van der Waals surface area contributed by atoms with Crippen molar-refractivity contribution in [3.05, 3.63) is 17.7 Å². The molecule has 0 aromatic heterocycles. The van der Waals surface area contributed by atoms with Crippen molar-refractivity contribution in [1.82, 2.24) is 0 Å². The van der Waals surface area contributed by atoms with Crippen LogP contribution in [0.4, 0.5) is 0 Å². The van der Waals surface area contributed by atoms with Crippen LogP contribution in [0.3, 0.4) is 0 Å². The zero-order valence-corrected chi connectivity index (χ0v) is 14.7. The Morgan fingerprint density at radius 3 is 1.94 bits per heavy atom. The van der Waals surface area contributed by atoms with Gasteiger partial charge in [0.25, 0.3) is 0 Å². The number of methoxy groups -OCH3 is 1. The van der Waals surface area contributed by atoms with E-state index in [1.165, 1.54) is 10.0 Å². The predicted molar refractivity (Wildman–Crippen MR) is 77.1 cm³/mol. The molecular formula is C12H20OSe2Sn. The van der Waals surface area contributed by atoms with Gasteiger partial charge in [0.1, 0.15) is 0 Å². The molecule has 0 saturated heterocycles. The van der Waals surface area contributed by atoms with Crippen molar-refractivity contribution < 1.29 is 4.74 Å². The number of rotatable bonds is 2. The number of benzene rings is 1. The van der Waals surface area contributed by atoms with E-state index < -0.39 is 0 Å². The number of ether oxygens (including phenoxy) is 1. The van der Waals surface area contributed by atoms with Crippen LogP contribution in [0, 0.1) is 0 Å². The summed E-state index contributed by atoms with van der Waals surface area (Å²) in [5, 5.41) is 0. The molecule has 4 heteroatoms. The zero-order valence-electron chi connectivity index (χ0n) is 8.46. The molecule has 0 fully saturated rings. The molecule has 1 nitrogen and oxygen atoms in total. The first-order chi connectivity index (χ1) is 6.07. The van der Waals surface area contributed by atoms with Gasteiger partial charge in [0.05, 0.1) is 0 Å². The van der Waals surface area contributed by atoms with E-state index in [0.717, 1.165) is 10.2 Å². The molecule has 0 amide bonds. The summed E-state index contributed by atoms with van der Waals surface area (Å²) in [5.74, 6) is 1.44. The maximum atomic E-state index is 5.21. The van der Waals surface area contributed by atoms with Crippen molar-refractivity contribution in [1.29, 1.82) is 0 Å². The topological polar surface area (TPSA) is 9.23 Å². The molecule has 1 aromatic rings. The Morgan fingerprint density at radius 1 is 1.06 bits per heavy atom. The van der Waals surface area contributed by atoms with E-state index in [4.69, 9.17) is 4.74 Å². The normalized spacial score (nSPS) is 8.50. The number of hydrogen-bond donors (Lipinski definition) is 0. The fraction of sp³-hybridized carbons (Fsp3) is 0.500. The van der Waals surface area contributed by atoms with Crippen LogP contribution in [0.1, 0.15) is 40.2 Å². The summed E-state index contributed by atoms with van der Waals surface area (Å²) in [6.45, 7) is 4.37. The van der Waals surface area contributed by atoms with Gasteiger partial charge in [0, 0.05) is 0 Å². The molecule has 0 heterocycles. The smallest absolute Gasteiger partial charge is 2.00 e. The van der Waals surface area contributed by atoms with Gasteiger partial charge in [-0.1, -0.05) is 14.9 Å². The summed E-state index contributed by atoms with van der Waals surface area (Å²) in [4.78, 5) is 0. The van der Waals surface area contributed by atoms with Gasteiger partial charge in [-0.3, -0.25) is 0 Å². The van der Waals surface area contributed by atoms with Gasteiger partial charge in [-0.05, 0) is 0 Å². The zero-order chi connectivity index (χ0) is 10.0. The van der Waals surface area contributed by atoms with Gasteiger partial charge in [0.15, 0.2) is 0 Å². The molecule has 0 N–H and O–H groups in total. The van der Waals surface area contributed by atoms with E-state index >= 15 is 0 Å². The van der Waals surface area contributed by atoms with E-state index in [0.29, 0.717) is 5.92 Å². The van der Waals surface area contributed by atoms with Crippen molar-refractivity contribution in [2.45, 2.75) is 34.6 Å². The minimum Gasteiger partial charge on any atom is 2.00 e. The van der Waals surface area contributed by atoms with Crippen LogP contribution in [0.2, 0.25) is 0 Å². The fourth-order valence-corrected chi connectivity index (χ4v) is 2.59. The second-order valence-electron chi connectivity index (χ2n) is 3.17. The Morgan fingerprint density at radius 2 is 1.56 bits per heavy atom. The van der Waals surface area contributed by atoms with E-state index in [2.05, 4.69) is 51.9 Å². The average molecular weight is 457 g/mol. The van der Waals surface area contributed by atoms with Crippen molar-refractivity contribution in [2.24, 2.45) is 0 Å². The quantitative estimate of drug-likeness (QED) is 0.610. The first-order valence-electron chi connectivity index (χ1n) is 4.12. The minimum absolute atomic E-state index is 0. The number of hydrogen-bond acceptors (Lipinski definition) is 1. The first-order valence-corrected chi connectivity index (χ1v) is 5.84. The predicted octanol–water partition coefficient (Wildman–Crippen LogP) is 1.30. The van der Waals surface area contributed by atoms with Crippen LogP contribution >= 0.6 is 0 Å². The minimum atomic E-state index is 0. The third-order valence-corrected chi connectivity index (χ3v) is 4.38. The summed E-state index contributed by atoms with van der Waals surface area (Å²) in [7, 11) is 1.69. The maximum Gasteiger partial charge on any atom is 2.00 e. The SMILES string of the molecule is C.C.COc1ccc(C(C)C)c([Se-])c1[Se-].[Sn+2]. The Kier molecular flexibility index (Phi) is 13.6. The van der Waals surface area contributed by atoms with Gasteiger partial charge in [-0.15, -0.1) is 0 Å². The molecular weight excluding hydrogens is 437 g/mol. The first kappa shape index (κ1) is 22.1. The maximum absolute atomic E-state index is 5.21. The molecule has 16 heavy (non-hydrogen) atoms. The summed E-state index contributed by atoms with van der Waals surface area (Å²) < 4.78 is 7.46. The molecule has 90 valence electrons. The monoisotopic (exact) mass is 460 g/mol. The van der Waals surface area contributed by atoms with Gasteiger partial charge < -0.3 is 0 Å². The molecule has 0 unspecified atom stereocenters. The third kappa shape index (κ3) is 5.01. The van der Waals surface area contributed by atoms with Gasteiger partial charge in [0.2, 0.25) is 0 Å². The molecule has 0 saturated carbocycles. The van der Waals surface area contributed by atoms with Crippen LogP contribution in [0.15, 0.2) is 12.1 Å². The van der Waals surface area contributed by atoms with Crippen molar-refractivity contribution >= 4 is 64.9 Å². The Labute approximate surface area is 134 Å². The summed E-state index contributed by atoms with van der Waals surface area (Å²) in [6.07, 6.45) is 0. The largest absolute Gasteiger partial charge is 2.00 e. The summed E-state index contributed by atoms with van der Waals surface area (Å²) in [5.41, 5.74) is 1.33. The van der Waals surface area contributed by atoms with Crippen LogP contribution in [0.5, 0.6) is 5.75 Å².